The molecular weight excluding hydrogens is 781 g/mol. The van der Waals surface area contributed by atoms with Crippen LogP contribution in [0.1, 0.15) is 0 Å². The molecule has 0 aromatic carbocycles. The molecular formula is C18H24N2O8S7W-6. The number of nitrogens with zero attached hydrogens (tertiary/aromatic N) is 2. The maximum absolute atomic E-state index is 10.7. The fourth-order valence-corrected chi connectivity index (χ4v) is 1.41. The molecule has 208 valence electrons. The first-order chi connectivity index (χ1) is 16.0. The molecule has 0 heterocycles. The second kappa shape index (κ2) is 27.0. The van der Waals surface area contributed by atoms with Crippen LogP contribution in [0.3, 0.4) is 0 Å². The first-order valence-electron chi connectivity index (χ1n) is 8.43. The molecule has 10 nitrogen and oxygen atoms in total. The average molecular weight is 805 g/mol. The largest absolute Gasteiger partial charge is 0.973 e. The van der Waals surface area contributed by atoms with E-state index in [9.17, 15) is 19.2 Å². The Morgan fingerprint density at radius 2 is 0.694 bits per heavy atom. The minimum Gasteiger partial charge on any atom is -0.973 e. The van der Waals surface area contributed by atoms with E-state index in [1.165, 1.54) is 0 Å². The zero-order valence-corrected chi connectivity index (χ0v) is 29.1. The van der Waals surface area contributed by atoms with Gasteiger partial charge >= 0.3 is 23.9 Å². The third-order valence-electron chi connectivity index (χ3n) is 2.44. The smallest absolute Gasteiger partial charge is 0.309 e. The van der Waals surface area contributed by atoms with Gasteiger partial charge in [0, 0.05) is 21.1 Å². The van der Waals surface area contributed by atoms with Gasteiger partial charge in [0.25, 0.3) is 0 Å². The van der Waals surface area contributed by atoms with E-state index in [1.807, 2.05) is 28.2 Å². The number of hydrogen-bond donors (Lipinski definition) is 0. The standard InChI is InChI=1S/2C6H8O4S2.C3H7NS2.C3H7NS.W/c2*1-9-5(7)3(11)4(12)6(8)10-2;1-4(2)3(5)6;1-4(2)3-5;/h2*11-12H,1-2H3;1-2H3,(H,5,6);5H,1-2H3;/p-6/b2*4-3-;;;. The normalized spacial score (nSPS) is 9.89. The molecule has 0 aliphatic carbocycles. The van der Waals surface area contributed by atoms with Gasteiger partial charge in [0.15, 0.2) is 0 Å². The molecule has 0 aromatic rings. The minimum atomic E-state index is -0.805. The molecule has 0 atom stereocenters. The molecule has 0 unspecified atom stereocenters. The van der Waals surface area contributed by atoms with Crippen LogP contribution in [0.4, 0.5) is 0 Å². The maximum Gasteiger partial charge on any atom is 0.309 e. The topological polar surface area (TPSA) is 111 Å². The Kier molecular flexibility index (Phi) is 33.6. The number of hydrogen-bond acceptors (Lipinski definition) is 15. The molecule has 0 aromatic heterocycles. The Labute approximate surface area is 264 Å². The van der Waals surface area contributed by atoms with E-state index >= 15 is 0 Å². The van der Waals surface area contributed by atoms with Gasteiger partial charge in [0.05, 0.1) is 42.5 Å². The van der Waals surface area contributed by atoms with Crippen LogP contribution < -0.4 is 0 Å². The molecule has 0 fully saturated rings. The Balaban J connectivity index is -0.000000125. The fourth-order valence-electron chi connectivity index (χ4n) is 0.742. The van der Waals surface area contributed by atoms with Gasteiger partial charge in [-0.3, -0.25) is 4.58 Å². The molecule has 0 amide bonds. The fraction of sp³-hybridized carbons (Fsp3) is 0.444. The molecule has 0 aliphatic heterocycles. The van der Waals surface area contributed by atoms with Crippen molar-refractivity contribution in [2.75, 3.05) is 56.6 Å². The van der Waals surface area contributed by atoms with Gasteiger partial charge in [-0.25, -0.2) is 19.2 Å². The van der Waals surface area contributed by atoms with Gasteiger partial charge in [0.1, 0.15) is 14.1 Å². The van der Waals surface area contributed by atoms with Gasteiger partial charge in [-0.05, 0) is 0 Å². The zero-order valence-electron chi connectivity index (χ0n) is 20.4. The minimum absolute atomic E-state index is 0. The Hall–Kier alpha value is -1.07. The SMILES string of the molecule is COC(=O)/C([S-])=C(/[S-])C(=O)OC.COC(=O)/C([S-])=C(/[S-])C(=O)OC.C[N+](C)=C([S-])[S-].C[N+](C)=[C-][S-].[W]. The number of carbonyl (C=O) groups is 4. The van der Waals surface area contributed by atoms with Crippen LogP contribution in [0, 0.1) is 0 Å². The Morgan fingerprint density at radius 1 is 0.556 bits per heavy atom. The zero-order chi connectivity index (χ0) is 28.9. The van der Waals surface area contributed by atoms with Crippen molar-refractivity contribution < 1.29 is 68.3 Å². The van der Waals surface area contributed by atoms with Crippen LogP contribution in [-0.2, 0) is 148 Å². The molecule has 0 bridgehead atoms. The second-order valence-electron chi connectivity index (χ2n) is 5.43. The molecule has 18 heteroatoms. The molecule has 0 N–H and O–H groups in total. The van der Waals surface area contributed by atoms with Gasteiger partial charge in [-0.15, -0.1) is 19.6 Å². The molecule has 0 saturated heterocycles. The van der Waals surface area contributed by atoms with Crippen LogP contribution in [-0.4, -0.2) is 99.6 Å². The molecule has 0 rings (SSSR count). The van der Waals surface area contributed by atoms with Crippen molar-refractivity contribution in [2.24, 2.45) is 0 Å². The molecule has 36 heavy (non-hydrogen) atoms. The van der Waals surface area contributed by atoms with Crippen LogP contribution >= 0.6 is 0 Å². The Morgan fingerprint density at radius 3 is 0.750 bits per heavy atom. The van der Waals surface area contributed by atoms with Crippen molar-refractivity contribution in [3.8, 4) is 0 Å². The molecule has 0 spiro atoms. The third kappa shape index (κ3) is 24.6. The average Bonchev–Trinajstić information content (AvgIpc) is 2.85. The van der Waals surface area contributed by atoms with E-state index in [0.29, 0.717) is 4.38 Å². The third-order valence-corrected chi connectivity index (χ3v) is 5.28. The summed E-state index contributed by atoms with van der Waals surface area (Å²) < 4.78 is 20.9. The monoisotopic (exact) mass is 804 g/mol. The van der Waals surface area contributed by atoms with Crippen LogP contribution in [0.2, 0.25) is 0 Å². The van der Waals surface area contributed by atoms with E-state index < -0.39 is 23.9 Å². The van der Waals surface area contributed by atoms with Crippen molar-refractivity contribution in [1.29, 1.82) is 0 Å². The molecule has 0 aliphatic rings. The van der Waals surface area contributed by atoms with Crippen LogP contribution in [0.25, 0.3) is 0 Å². The second-order valence-corrected chi connectivity index (χ2v) is 8.28. The van der Waals surface area contributed by atoms with Gasteiger partial charge in [-0.2, -0.15) is 0 Å². The summed E-state index contributed by atoms with van der Waals surface area (Å²) in [5.41, 5.74) is 2.44. The summed E-state index contributed by atoms with van der Waals surface area (Å²) >= 11 is 31.6. The number of methoxy groups -OCH3 is 4. The number of esters is 4. The van der Waals surface area contributed by atoms with Gasteiger partial charge in [0.2, 0.25) is 0 Å². The van der Waals surface area contributed by atoms with E-state index in [-0.39, 0.29) is 40.7 Å². The first kappa shape index (κ1) is 44.9. The summed E-state index contributed by atoms with van der Waals surface area (Å²) in [6, 6.07) is 0. The first-order valence-corrected chi connectivity index (χ1v) is 11.3. The maximum atomic E-state index is 10.7. The number of carbonyl (C=O) groups excluding carboxylic acids is 4. The van der Waals surface area contributed by atoms with Crippen LogP contribution in [0.15, 0.2) is 19.6 Å². The van der Waals surface area contributed by atoms with Crippen molar-refractivity contribution in [2.45, 2.75) is 0 Å². The molecule has 0 radical (unpaired) electrons. The van der Waals surface area contributed by atoms with Gasteiger partial charge in [-0.1, -0.05) is 4.38 Å². The quantitative estimate of drug-likeness (QED) is 0.0491. The van der Waals surface area contributed by atoms with E-state index in [0.717, 1.165) is 28.4 Å². The predicted octanol–water partition coefficient (Wildman–Crippen LogP) is -1.31. The van der Waals surface area contributed by atoms with Crippen molar-refractivity contribution in [3.63, 3.8) is 0 Å². The Bertz CT molecular complexity index is 742. The van der Waals surface area contributed by atoms with Crippen molar-refractivity contribution in [3.05, 3.63) is 19.6 Å². The van der Waals surface area contributed by atoms with E-state index in [2.05, 4.69) is 113 Å². The summed E-state index contributed by atoms with van der Waals surface area (Å²) in [4.78, 5) is 41.5. The summed E-state index contributed by atoms with van der Waals surface area (Å²) in [6.45, 7) is 0. The van der Waals surface area contributed by atoms with Crippen LogP contribution in [0.5, 0.6) is 0 Å². The summed E-state index contributed by atoms with van der Waals surface area (Å²) in [5, 5.41) is 0. The number of ether oxygens (including phenoxy) is 4. The van der Waals surface area contributed by atoms with E-state index in [1.54, 1.807) is 9.15 Å². The van der Waals surface area contributed by atoms with Crippen molar-refractivity contribution in [1.82, 2.24) is 0 Å². The summed E-state index contributed by atoms with van der Waals surface area (Å²) in [5.74, 6) is -3.22. The summed E-state index contributed by atoms with van der Waals surface area (Å²) in [7, 11) is 11.9. The van der Waals surface area contributed by atoms with E-state index in [4.69, 9.17) is 0 Å². The van der Waals surface area contributed by atoms with Crippen molar-refractivity contribution >= 4 is 122 Å². The number of rotatable bonds is 4. The summed E-state index contributed by atoms with van der Waals surface area (Å²) in [6.07, 6.45) is 0. The molecule has 0 saturated carbocycles. The predicted molar refractivity (Wildman–Crippen MR) is 148 cm³/mol. The van der Waals surface area contributed by atoms with Gasteiger partial charge < -0.3 is 117 Å².